The second-order valence-corrected chi connectivity index (χ2v) is 1.75. The van der Waals surface area contributed by atoms with Crippen LogP contribution in [0.3, 0.4) is 0 Å². The minimum Gasteiger partial charge on any atom is -0.236 e. The summed E-state index contributed by atoms with van der Waals surface area (Å²) in [5, 5.41) is 4.00. The van der Waals surface area contributed by atoms with Crippen LogP contribution in [-0.2, 0) is 20.4 Å². The van der Waals surface area contributed by atoms with Crippen LogP contribution in [0.5, 0.6) is 0 Å². The third kappa shape index (κ3) is 1.08. The van der Waals surface area contributed by atoms with Crippen molar-refractivity contribution in [3.8, 4) is 0 Å². The van der Waals surface area contributed by atoms with Gasteiger partial charge < -0.3 is 0 Å². The Bertz CT molecular complexity index is 287. The van der Waals surface area contributed by atoms with Gasteiger partial charge in [0.25, 0.3) is 0 Å². The van der Waals surface area contributed by atoms with Crippen LogP contribution in [-0.4, -0.2) is 14.6 Å². The third-order valence-corrected chi connectivity index (χ3v) is 1.17. The Morgan fingerprint density at radius 2 is 2.20 bits per heavy atom. The SMILES string of the molecule is [Pd].c1cnn2ccnc2c1. The van der Waals surface area contributed by atoms with Gasteiger partial charge in [-0.15, -0.1) is 0 Å². The number of rotatable bonds is 0. The van der Waals surface area contributed by atoms with Crippen LogP contribution < -0.4 is 0 Å². The Balaban J connectivity index is 0.000000500. The van der Waals surface area contributed by atoms with E-state index in [0.29, 0.717) is 0 Å². The van der Waals surface area contributed by atoms with Crippen molar-refractivity contribution >= 4 is 5.65 Å². The second-order valence-electron chi connectivity index (χ2n) is 1.75. The molecule has 2 aromatic heterocycles. The zero-order valence-corrected chi connectivity index (χ0v) is 6.60. The summed E-state index contributed by atoms with van der Waals surface area (Å²) in [6.45, 7) is 0. The number of imidazole rings is 1. The van der Waals surface area contributed by atoms with Crippen LogP contribution in [0.15, 0.2) is 30.7 Å². The molecule has 4 heteroatoms. The van der Waals surface area contributed by atoms with E-state index >= 15 is 0 Å². The molecule has 10 heavy (non-hydrogen) atoms. The Morgan fingerprint density at radius 3 is 3.00 bits per heavy atom. The second kappa shape index (κ2) is 2.91. The molecule has 2 aromatic rings. The molecule has 2 heterocycles. The van der Waals surface area contributed by atoms with Gasteiger partial charge in [-0.1, -0.05) is 0 Å². The van der Waals surface area contributed by atoms with Crippen molar-refractivity contribution in [1.29, 1.82) is 0 Å². The quantitative estimate of drug-likeness (QED) is 0.619. The van der Waals surface area contributed by atoms with E-state index in [1.807, 2.05) is 18.3 Å². The van der Waals surface area contributed by atoms with Crippen molar-refractivity contribution in [3.05, 3.63) is 30.7 Å². The van der Waals surface area contributed by atoms with E-state index in [4.69, 9.17) is 0 Å². The van der Waals surface area contributed by atoms with Gasteiger partial charge in [0.15, 0.2) is 5.65 Å². The minimum absolute atomic E-state index is 0. The fourth-order valence-electron chi connectivity index (χ4n) is 0.765. The smallest absolute Gasteiger partial charge is 0.153 e. The molecule has 3 nitrogen and oxygen atoms in total. The molecule has 0 aromatic carbocycles. The molecule has 0 saturated carbocycles. The molecule has 0 radical (unpaired) electrons. The Labute approximate surface area is 71.7 Å². The first-order chi connectivity index (χ1) is 4.47. The first-order valence-electron chi connectivity index (χ1n) is 2.71. The Kier molecular flexibility index (Phi) is 2.15. The number of aromatic nitrogens is 3. The molecule has 0 saturated heterocycles. The molecule has 0 atom stereocenters. The van der Waals surface area contributed by atoms with Gasteiger partial charge in [-0.05, 0) is 12.1 Å². The molecule has 0 bridgehead atoms. The van der Waals surface area contributed by atoms with Gasteiger partial charge in [-0.2, -0.15) is 5.10 Å². The maximum absolute atomic E-state index is 4.02. The van der Waals surface area contributed by atoms with Crippen LogP contribution in [0.1, 0.15) is 0 Å². The maximum atomic E-state index is 4.02. The standard InChI is InChI=1S/C6H5N3.Pd/c1-2-6-7-4-5-9(6)8-3-1;/h1-5H;. The molecule has 0 N–H and O–H groups in total. The van der Waals surface area contributed by atoms with Gasteiger partial charge in [-0.25, -0.2) is 9.50 Å². The van der Waals surface area contributed by atoms with Crippen molar-refractivity contribution < 1.29 is 20.4 Å². The molecular weight excluding hydrogens is 221 g/mol. The summed E-state index contributed by atoms with van der Waals surface area (Å²) in [6, 6.07) is 3.77. The molecular formula is C6H5N3Pd. The van der Waals surface area contributed by atoms with E-state index in [9.17, 15) is 0 Å². The van der Waals surface area contributed by atoms with Crippen LogP contribution in [0.25, 0.3) is 5.65 Å². The number of hydrogen-bond donors (Lipinski definition) is 0. The van der Waals surface area contributed by atoms with Crippen molar-refractivity contribution in [2.75, 3.05) is 0 Å². The predicted octanol–water partition coefficient (Wildman–Crippen LogP) is 0.727. The van der Waals surface area contributed by atoms with Gasteiger partial charge in [0.2, 0.25) is 0 Å². The summed E-state index contributed by atoms with van der Waals surface area (Å²) in [7, 11) is 0. The molecule has 0 fully saturated rings. The van der Waals surface area contributed by atoms with Gasteiger partial charge in [-0.3, -0.25) is 0 Å². The number of fused-ring (bicyclic) bond motifs is 1. The van der Waals surface area contributed by atoms with Crippen molar-refractivity contribution in [2.24, 2.45) is 0 Å². The van der Waals surface area contributed by atoms with Crippen LogP contribution in [0.4, 0.5) is 0 Å². The van der Waals surface area contributed by atoms with Crippen molar-refractivity contribution in [3.63, 3.8) is 0 Å². The minimum atomic E-state index is 0. The molecule has 0 aliphatic carbocycles. The summed E-state index contributed by atoms with van der Waals surface area (Å²) in [5.74, 6) is 0. The third-order valence-electron chi connectivity index (χ3n) is 1.17. The normalized spacial score (nSPS) is 9.20. The molecule has 0 unspecified atom stereocenters. The molecule has 0 aliphatic rings. The maximum Gasteiger partial charge on any atom is 0.153 e. The molecule has 0 aliphatic heterocycles. The molecule has 0 amide bonds. The van der Waals surface area contributed by atoms with E-state index in [-0.39, 0.29) is 20.4 Å². The monoisotopic (exact) mass is 225 g/mol. The van der Waals surface area contributed by atoms with Crippen LogP contribution in [0, 0.1) is 0 Å². The summed E-state index contributed by atoms with van der Waals surface area (Å²) in [6.07, 6.45) is 5.27. The Morgan fingerprint density at radius 1 is 1.30 bits per heavy atom. The van der Waals surface area contributed by atoms with Crippen molar-refractivity contribution in [1.82, 2.24) is 14.6 Å². The molecule has 0 spiro atoms. The van der Waals surface area contributed by atoms with E-state index in [1.54, 1.807) is 16.9 Å². The van der Waals surface area contributed by atoms with E-state index in [1.165, 1.54) is 0 Å². The molecule has 54 valence electrons. The van der Waals surface area contributed by atoms with Crippen LogP contribution >= 0.6 is 0 Å². The summed E-state index contributed by atoms with van der Waals surface area (Å²) in [5.41, 5.74) is 0.887. The number of nitrogens with zero attached hydrogens (tertiary/aromatic N) is 3. The summed E-state index contributed by atoms with van der Waals surface area (Å²) in [4.78, 5) is 4.02. The van der Waals surface area contributed by atoms with Gasteiger partial charge in [0.05, 0.1) is 0 Å². The topological polar surface area (TPSA) is 30.2 Å². The fraction of sp³-hybridized carbons (Fsp3) is 0. The van der Waals surface area contributed by atoms with E-state index in [0.717, 1.165) is 5.65 Å². The summed E-state index contributed by atoms with van der Waals surface area (Å²) >= 11 is 0. The average Bonchev–Trinajstić information content (AvgIpc) is 2.33. The average molecular weight is 226 g/mol. The zero-order chi connectivity index (χ0) is 6.10. The number of hydrogen-bond acceptors (Lipinski definition) is 2. The van der Waals surface area contributed by atoms with Gasteiger partial charge >= 0.3 is 0 Å². The largest absolute Gasteiger partial charge is 0.236 e. The van der Waals surface area contributed by atoms with Crippen LogP contribution in [0.2, 0.25) is 0 Å². The summed E-state index contributed by atoms with van der Waals surface area (Å²) < 4.78 is 1.72. The van der Waals surface area contributed by atoms with Gasteiger partial charge in [0.1, 0.15) is 0 Å². The molecule has 2 rings (SSSR count). The van der Waals surface area contributed by atoms with Crippen molar-refractivity contribution in [2.45, 2.75) is 0 Å². The zero-order valence-electron chi connectivity index (χ0n) is 5.04. The fourth-order valence-corrected chi connectivity index (χ4v) is 0.765. The Hall–Kier alpha value is -0.718. The predicted molar refractivity (Wildman–Crippen MR) is 33.0 cm³/mol. The van der Waals surface area contributed by atoms with Gasteiger partial charge in [0, 0.05) is 39.0 Å². The first kappa shape index (κ1) is 7.39. The van der Waals surface area contributed by atoms with E-state index in [2.05, 4.69) is 10.1 Å². The first-order valence-corrected chi connectivity index (χ1v) is 2.71. The van der Waals surface area contributed by atoms with E-state index < -0.39 is 0 Å².